The SMILES string of the molecule is CN(C)CCNC(=O)CCC1=N/C(=C/c2ccc(-c3ccc[nH]3)n2B(F)F)C=C1. The zero-order valence-corrected chi connectivity index (χ0v) is 16.5. The van der Waals surface area contributed by atoms with Gasteiger partial charge in [-0.15, -0.1) is 0 Å². The van der Waals surface area contributed by atoms with Gasteiger partial charge in [0.25, 0.3) is 0 Å². The Bertz CT molecular complexity index is 929. The molecule has 29 heavy (non-hydrogen) atoms. The summed E-state index contributed by atoms with van der Waals surface area (Å²) in [6.07, 6.45) is 7.76. The number of likely N-dealkylation sites (N-methyl/N-ethyl adjacent to an activating group) is 1. The van der Waals surface area contributed by atoms with Gasteiger partial charge in [-0.1, -0.05) is 0 Å². The maximum Gasteiger partial charge on any atom is 0.678 e. The van der Waals surface area contributed by atoms with Crippen molar-refractivity contribution in [2.75, 3.05) is 27.2 Å². The highest BCUT2D eigenvalue weighted by Crippen LogP contribution is 2.25. The molecule has 0 unspecified atom stereocenters. The van der Waals surface area contributed by atoms with E-state index in [2.05, 4.69) is 15.3 Å². The molecule has 0 radical (unpaired) electrons. The number of rotatable bonds is 9. The van der Waals surface area contributed by atoms with Crippen LogP contribution in [-0.2, 0) is 4.79 Å². The minimum absolute atomic E-state index is 0.0254. The fourth-order valence-electron chi connectivity index (χ4n) is 3.05. The second kappa shape index (κ2) is 9.51. The van der Waals surface area contributed by atoms with E-state index < -0.39 is 7.40 Å². The van der Waals surface area contributed by atoms with Gasteiger partial charge in [-0.3, -0.25) is 18.4 Å². The van der Waals surface area contributed by atoms with Crippen molar-refractivity contribution in [2.45, 2.75) is 12.8 Å². The first kappa shape index (κ1) is 20.8. The molecule has 1 aliphatic heterocycles. The van der Waals surface area contributed by atoms with Crippen LogP contribution in [0.5, 0.6) is 0 Å². The van der Waals surface area contributed by atoms with Crippen molar-refractivity contribution in [1.82, 2.24) is 19.7 Å². The lowest BCUT2D eigenvalue weighted by Gasteiger charge is -2.10. The summed E-state index contributed by atoms with van der Waals surface area (Å²) in [6, 6.07) is 6.82. The lowest BCUT2D eigenvalue weighted by Crippen LogP contribution is -2.31. The van der Waals surface area contributed by atoms with Crippen molar-refractivity contribution in [3.63, 3.8) is 0 Å². The number of nitrogens with one attached hydrogen (secondary N) is 2. The van der Waals surface area contributed by atoms with Gasteiger partial charge in [0.05, 0.1) is 17.1 Å². The Labute approximate surface area is 169 Å². The zero-order valence-electron chi connectivity index (χ0n) is 16.5. The molecule has 152 valence electrons. The Balaban J connectivity index is 1.64. The Kier molecular flexibility index (Phi) is 6.82. The molecular weight excluding hydrogens is 375 g/mol. The second-order valence-electron chi connectivity index (χ2n) is 7.03. The van der Waals surface area contributed by atoms with Crippen LogP contribution >= 0.6 is 0 Å². The van der Waals surface area contributed by atoms with Gasteiger partial charge in [-0.2, -0.15) is 0 Å². The molecule has 9 heteroatoms. The number of carbonyl (C=O) groups excluding carboxylic acids is 1. The van der Waals surface area contributed by atoms with Crippen LogP contribution in [0.25, 0.3) is 17.5 Å². The lowest BCUT2D eigenvalue weighted by molar-refractivity contribution is -0.120. The third kappa shape index (κ3) is 5.54. The first-order valence-corrected chi connectivity index (χ1v) is 9.46. The van der Waals surface area contributed by atoms with Gasteiger partial charge in [-0.05, 0) is 63.0 Å². The molecule has 3 rings (SSSR count). The Morgan fingerprint density at radius 3 is 2.83 bits per heavy atom. The molecule has 6 nitrogen and oxygen atoms in total. The van der Waals surface area contributed by atoms with Gasteiger partial charge in [0.15, 0.2) is 0 Å². The Morgan fingerprint density at radius 1 is 1.31 bits per heavy atom. The van der Waals surface area contributed by atoms with Crippen molar-refractivity contribution in [3.8, 4) is 11.4 Å². The van der Waals surface area contributed by atoms with Crippen LogP contribution in [0, 0.1) is 0 Å². The van der Waals surface area contributed by atoms with Crippen LogP contribution in [0.1, 0.15) is 18.5 Å². The minimum atomic E-state index is -2.67. The average Bonchev–Trinajstić information content (AvgIpc) is 3.40. The van der Waals surface area contributed by atoms with Gasteiger partial charge < -0.3 is 19.7 Å². The summed E-state index contributed by atoms with van der Waals surface area (Å²) in [5.41, 5.74) is 2.76. The number of aromatic amines is 1. The molecule has 0 spiro atoms. The highest BCUT2D eigenvalue weighted by Gasteiger charge is 2.24. The third-order valence-electron chi connectivity index (χ3n) is 4.52. The number of carbonyl (C=O) groups is 1. The molecule has 2 aromatic heterocycles. The highest BCUT2D eigenvalue weighted by atomic mass is 19.2. The molecule has 3 heterocycles. The summed E-state index contributed by atoms with van der Waals surface area (Å²) < 4.78 is 28.3. The van der Waals surface area contributed by atoms with Crippen LogP contribution in [-0.4, -0.2) is 60.6 Å². The number of halogens is 2. The quantitative estimate of drug-likeness (QED) is 0.637. The number of hydrogen-bond acceptors (Lipinski definition) is 3. The third-order valence-corrected chi connectivity index (χ3v) is 4.52. The monoisotopic (exact) mass is 399 g/mol. The molecule has 0 saturated heterocycles. The number of hydrogen-bond donors (Lipinski definition) is 2. The Hall–Kier alpha value is -2.94. The molecular formula is C20H24BF2N5O. The van der Waals surface area contributed by atoms with Crippen LogP contribution in [0.4, 0.5) is 8.63 Å². The van der Waals surface area contributed by atoms with Gasteiger partial charge in [0.1, 0.15) is 0 Å². The lowest BCUT2D eigenvalue weighted by atomic mass is 10.1. The van der Waals surface area contributed by atoms with E-state index in [4.69, 9.17) is 0 Å². The van der Waals surface area contributed by atoms with Gasteiger partial charge in [0, 0.05) is 37.1 Å². The summed E-state index contributed by atoms with van der Waals surface area (Å²) in [5.74, 6) is -0.0254. The Morgan fingerprint density at radius 2 is 2.14 bits per heavy atom. The summed E-state index contributed by atoms with van der Waals surface area (Å²) in [4.78, 5) is 21.3. The summed E-state index contributed by atoms with van der Waals surface area (Å²) >= 11 is 0. The van der Waals surface area contributed by atoms with E-state index in [0.717, 1.165) is 16.7 Å². The van der Waals surface area contributed by atoms with Crippen molar-refractivity contribution < 1.29 is 13.4 Å². The van der Waals surface area contributed by atoms with Crippen LogP contribution < -0.4 is 5.32 Å². The van der Waals surface area contributed by atoms with Crippen LogP contribution in [0.3, 0.4) is 0 Å². The first-order valence-electron chi connectivity index (χ1n) is 9.46. The smallest absolute Gasteiger partial charge is 0.360 e. The van der Waals surface area contributed by atoms with E-state index in [1.165, 1.54) is 0 Å². The molecule has 0 aromatic carbocycles. The van der Waals surface area contributed by atoms with E-state index in [1.54, 1.807) is 42.6 Å². The maximum absolute atomic E-state index is 13.6. The topological polar surface area (TPSA) is 65.4 Å². The largest absolute Gasteiger partial charge is 0.678 e. The van der Waals surface area contributed by atoms with E-state index in [1.807, 2.05) is 25.1 Å². The number of aromatic nitrogens is 2. The van der Waals surface area contributed by atoms with Gasteiger partial charge in [0.2, 0.25) is 5.91 Å². The molecule has 2 N–H and O–H groups in total. The molecule has 1 aliphatic rings. The van der Waals surface area contributed by atoms with Crippen molar-refractivity contribution in [1.29, 1.82) is 0 Å². The van der Waals surface area contributed by atoms with E-state index in [-0.39, 0.29) is 5.91 Å². The van der Waals surface area contributed by atoms with E-state index in [9.17, 15) is 13.4 Å². The van der Waals surface area contributed by atoms with Crippen LogP contribution in [0.2, 0.25) is 0 Å². The van der Waals surface area contributed by atoms with Crippen LogP contribution in [0.15, 0.2) is 53.3 Å². The zero-order chi connectivity index (χ0) is 20.8. The summed E-state index contributed by atoms with van der Waals surface area (Å²) in [6.45, 7) is 1.39. The van der Waals surface area contributed by atoms with Crippen molar-refractivity contribution >= 4 is 25.1 Å². The van der Waals surface area contributed by atoms with Crippen molar-refractivity contribution in [3.05, 3.63) is 54.0 Å². The molecule has 2 aromatic rings. The molecule has 0 atom stereocenters. The van der Waals surface area contributed by atoms with Gasteiger partial charge >= 0.3 is 7.40 Å². The maximum atomic E-state index is 13.6. The normalized spacial score (nSPS) is 14.7. The molecule has 0 fully saturated rings. The molecule has 1 amide bonds. The molecule has 0 aliphatic carbocycles. The number of allylic oxidation sites excluding steroid dienone is 2. The fraction of sp³-hybridized carbons (Fsp3) is 0.300. The highest BCUT2D eigenvalue weighted by molar-refractivity contribution is 6.42. The molecule has 0 bridgehead atoms. The average molecular weight is 399 g/mol. The summed E-state index contributed by atoms with van der Waals surface area (Å²) in [5, 5.41) is 2.86. The van der Waals surface area contributed by atoms with Crippen molar-refractivity contribution in [2.24, 2.45) is 4.99 Å². The predicted octanol–water partition coefficient (Wildman–Crippen LogP) is 3.06. The number of nitrogens with zero attached hydrogens (tertiary/aromatic N) is 3. The predicted molar refractivity (Wildman–Crippen MR) is 113 cm³/mol. The number of aliphatic imine (C=N–C) groups is 1. The first-order chi connectivity index (χ1) is 13.9. The van der Waals surface area contributed by atoms with E-state index >= 15 is 0 Å². The number of H-pyrrole nitrogens is 1. The summed E-state index contributed by atoms with van der Waals surface area (Å²) in [7, 11) is 1.22. The van der Waals surface area contributed by atoms with Gasteiger partial charge in [-0.25, -0.2) is 0 Å². The fourth-order valence-corrected chi connectivity index (χ4v) is 3.05. The minimum Gasteiger partial charge on any atom is -0.360 e. The second-order valence-corrected chi connectivity index (χ2v) is 7.03. The van der Waals surface area contributed by atoms with E-state index in [0.29, 0.717) is 42.2 Å². The standard InChI is InChI=1S/C20H24BF2N5O/c1-27(2)13-12-25-20(29)10-7-15-5-6-16(26-15)14-17-8-9-19(28(17)21(22)23)18-4-3-11-24-18/h3-6,8-9,11,14,24H,7,10,12-13H2,1-2H3,(H,25,29)/b16-14+. The molecule has 0 saturated carbocycles. The number of amides is 1.